The van der Waals surface area contributed by atoms with Crippen molar-refractivity contribution >= 4 is 39.3 Å². The average molecular weight is 744 g/mol. The van der Waals surface area contributed by atoms with Crippen molar-refractivity contribution in [2.24, 2.45) is 17.6 Å². The van der Waals surface area contributed by atoms with Gasteiger partial charge in [0.1, 0.15) is 6.04 Å². The van der Waals surface area contributed by atoms with Crippen LogP contribution in [0.4, 0.5) is 0 Å². The Labute approximate surface area is 325 Å². The van der Waals surface area contributed by atoms with Crippen molar-refractivity contribution < 1.29 is 24.6 Å². The van der Waals surface area contributed by atoms with E-state index in [1.165, 1.54) is 6.92 Å². The third-order valence-electron chi connectivity index (χ3n) is 11.0. The Morgan fingerprint density at radius 3 is 1.78 bits per heavy atom. The van der Waals surface area contributed by atoms with Crippen LogP contribution in [0.25, 0.3) is 21.5 Å². The fraction of sp³-hybridized carbons (Fsp3) is 0.383. The summed E-state index contributed by atoms with van der Waals surface area (Å²) < 4.78 is 0. The second kappa shape index (κ2) is 19.1. The van der Waals surface area contributed by atoms with Gasteiger partial charge in [0.2, 0.25) is 11.8 Å². The van der Waals surface area contributed by atoms with E-state index in [1.54, 1.807) is 6.92 Å². The monoisotopic (exact) mass is 743 g/mol. The highest BCUT2D eigenvalue weighted by atomic mass is 16.3. The molecule has 0 radical (unpaired) electrons. The minimum Gasteiger partial charge on any atom is -0.394 e. The van der Waals surface area contributed by atoms with E-state index < -0.39 is 48.1 Å². The van der Waals surface area contributed by atoms with E-state index in [0.29, 0.717) is 25.2 Å². The lowest BCUT2D eigenvalue weighted by molar-refractivity contribution is -0.160. The maximum absolute atomic E-state index is 15.0. The van der Waals surface area contributed by atoms with Gasteiger partial charge in [-0.2, -0.15) is 0 Å². The summed E-state index contributed by atoms with van der Waals surface area (Å²) in [5.41, 5.74) is 7.19. The maximum atomic E-state index is 15.0. The summed E-state index contributed by atoms with van der Waals surface area (Å²) in [6.07, 6.45) is 3.18. The van der Waals surface area contributed by atoms with E-state index in [9.17, 15) is 24.6 Å². The van der Waals surface area contributed by atoms with Crippen LogP contribution in [0.3, 0.4) is 0 Å². The standard InChI is InChI=1S/C47H57N3O5/c1-32(2)16-8-13-27-44(52)50(43(31-51)47(4,55)33(3)48)46(54)42(28-34-17-6-5-7-18-34)49-45(53)39(29-37-23-14-21-35-19-9-11-25-40(35)37)30-38-24-15-22-36-20-10-12-26-41(36)38/h5-7,9-12,14-15,17-26,32-33,39,42-43,51,55H,8,13,16,27-31,48H2,1-4H3,(H,49,53)/t33-,42-,43+,47-/m0/s1. The Kier molecular flexibility index (Phi) is 14.3. The summed E-state index contributed by atoms with van der Waals surface area (Å²) in [6.45, 7) is 6.54. The molecule has 5 aromatic carbocycles. The molecule has 5 aromatic rings. The molecule has 0 aliphatic heterocycles. The van der Waals surface area contributed by atoms with Crippen molar-refractivity contribution in [1.29, 1.82) is 0 Å². The molecular weight excluding hydrogens is 687 g/mol. The summed E-state index contributed by atoms with van der Waals surface area (Å²) in [5.74, 6) is -1.69. The number of hydrogen-bond acceptors (Lipinski definition) is 6. The topological polar surface area (TPSA) is 133 Å². The smallest absolute Gasteiger partial charge is 0.252 e. The Hall–Kier alpha value is -4.89. The number of fused-ring (bicyclic) bond motifs is 2. The average Bonchev–Trinajstić information content (AvgIpc) is 3.18. The maximum Gasteiger partial charge on any atom is 0.252 e. The Bertz CT molecular complexity index is 1950. The minimum atomic E-state index is -1.81. The van der Waals surface area contributed by atoms with Gasteiger partial charge in [-0.3, -0.25) is 19.3 Å². The number of aliphatic hydroxyl groups is 2. The normalized spacial score (nSPS) is 14.4. The summed E-state index contributed by atoms with van der Waals surface area (Å²) in [4.78, 5) is 44.9. The van der Waals surface area contributed by atoms with Crippen LogP contribution in [0.15, 0.2) is 115 Å². The second-order valence-electron chi connectivity index (χ2n) is 15.6. The van der Waals surface area contributed by atoms with Gasteiger partial charge in [-0.15, -0.1) is 0 Å². The van der Waals surface area contributed by atoms with E-state index in [2.05, 4.69) is 55.6 Å². The van der Waals surface area contributed by atoms with Gasteiger partial charge >= 0.3 is 0 Å². The van der Waals surface area contributed by atoms with Gasteiger partial charge in [-0.05, 0) is 77.3 Å². The molecule has 0 unspecified atom stereocenters. The highest BCUT2D eigenvalue weighted by molar-refractivity contribution is 6.00. The van der Waals surface area contributed by atoms with Gasteiger partial charge in [-0.25, -0.2) is 0 Å². The Balaban J connectivity index is 1.55. The summed E-state index contributed by atoms with van der Waals surface area (Å²) in [5, 5.41) is 29.7. The van der Waals surface area contributed by atoms with E-state index in [1.807, 2.05) is 78.9 Å². The van der Waals surface area contributed by atoms with Crippen molar-refractivity contribution in [3.05, 3.63) is 132 Å². The number of aliphatic hydroxyl groups excluding tert-OH is 1. The van der Waals surface area contributed by atoms with Crippen LogP contribution in [-0.2, 0) is 33.6 Å². The third-order valence-corrected chi connectivity index (χ3v) is 11.0. The van der Waals surface area contributed by atoms with Crippen LogP contribution in [-0.4, -0.2) is 63.2 Å². The zero-order chi connectivity index (χ0) is 39.5. The lowest BCUT2D eigenvalue weighted by Gasteiger charge is -2.42. The van der Waals surface area contributed by atoms with Gasteiger partial charge in [0.15, 0.2) is 0 Å². The van der Waals surface area contributed by atoms with Crippen LogP contribution >= 0.6 is 0 Å². The van der Waals surface area contributed by atoms with Crippen LogP contribution in [0.1, 0.15) is 70.1 Å². The molecule has 5 rings (SSSR count). The van der Waals surface area contributed by atoms with Gasteiger partial charge in [-0.1, -0.05) is 142 Å². The molecule has 0 heterocycles. The number of hydrogen-bond donors (Lipinski definition) is 4. The first-order valence-corrected chi connectivity index (χ1v) is 19.6. The van der Waals surface area contributed by atoms with Crippen molar-refractivity contribution in [3.63, 3.8) is 0 Å². The summed E-state index contributed by atoms with van der Waals surface area (Å²) in [7, 11) is 0. The highest BCUT2D eigenvalue weighted by Gasteiger charge is 2.45. The summed E-state index contributed by atoms with van der Waals surface area (Å²) in [6, 6.07) is 34.3. The number of amides is 3. The molecule has 0 aliphatic rings. The van der Waals surface area contributed by atoms with Crippen LogP contribution < -0.4 is 11.1 Å². The molecule has 0 fully saturated rings. The third kappa shape index (κ3) is 10.5. The number of benzene rings is 5. The number of imide groups is 1. The Morgan fingerprint density at radius 2 is 1.25 bits per heavy atom. The fourth-order valence-electron chi connectivity index (χ4n) is 7.47. The number of nitrogens with zero attached hydrogens (tertiary/aromatic N) is 1. The number of rotatable bonds is 18. The molecule has 55 heavy (non-hydrogen) atoms. The van der Waals surface area contributed by atoms with Crippen molar-refractivity contribution in [2.45, 2.75) is 96.4 Å². The number of nitrogens with two attached hydrogens (primary N) is 1. The highest BCUT2D eigenvalue weighted by Crippen LogP contribution is 2.28. The zero-order valence-electron chi connectivity index (χ0n) is 32.7. The van der Waals surface area contributed by atoms with Crippen LogP contribution in [0.5, 0.6) is 0 Å². The molecule has 290 valence electrons. The molecule has 8 nitrogen and oxygen atoms in total. The van der Waals surface area contributed by atoms with Crippen LogP contribution in [0.2, 0.25) is 0 Å². The largest absolute Gasteiger partial charge is 0.394 e. The van der Waals surface area contributed by atoms with Crippen molar-refractivity contribution in [3.8, 4) is 0 Å². The summed E-state index contributed by atoms with van der Waals surface area (Å²) >= 11 is 0. The lowest BCUT2D eigenvalue weighted by atomic mass is 9.87. The molecule has 4 atom stereocenters. The SMILES string of the molecule is CC(C)CCCCC(=O)N(C(=O)[C@H](Cc1ccccc1)NC(=O)C(Cc1cccc2ccccc12)Cc1cccc2ccccc12)[C@H](CO)[C@@](C)(O)[C@H](C)N. The zero-order valence-corrected chi connectivity index (χ0v) is 32.7. The molecule has 0 aromatic heterocycles. The Morgan fingerprint density at radius 1 is 0.727 bits per heavy atom. The molecule has 8 heteroatoms. The lowest BCUT2D eigenvalue weighted by Crippen LogP contribution is -2.66. The van der Waals surface area contributed by atoms with Gasteiger partial charge in [0.05, 0.1) is 18.2 Å². The molecule has 0 bridgehead atoms. The molecule has 0 saturated heterocycles. The molecule has 5 N–H and O–H groups in total. The first-order chi connectivity index (χ1) is 26.4. The second-order valence-corrected chi connectivity index (χ2v) is 15.6. The van der Waals surface area contributed by atoms with E-state index in [0.717, 1.165) is 56.0 Å². The quantitative estimate of drug-likeness (QED) is 0.0705. The predicted molar refractivity (Wildman–Crippen MR) is 221 cm³/mol. The van der Waals surface area contributed by atoms with Crippen molar-refractivity contribution in [1.82, 2.24) is 10.2 Å². The van der Waals surface area contributed by atoms with E-state index in [-0.39, 0.29) is 18.7 Å². The molecule has 0 saturated carbocycles. The predicted octanol–water partition coefficient (Wildman–Crippen LogP) is 7.15. The number of unbranched alkanes of at least 4 members (excludes halogenated alkanes) is 1. The number of carbonyl (C=O) groups is 3. The van der Waals surface area contributed by atoms with Gasteiger partial charge < -0.3 is 21.3 Å². The number of nitrogens with one attached hydrogen (secondary N) is 1. The molecule has 3 amide bonds. The van der Waals surface area contributed by atoms with E-state index in [4.69, 9.17) is 5.73 Å². The van der Waals surface area contributed by atoms with Gasteiger partial charge in [0, 0.05) is 24.8 Å². The van der Waals surface area contributed by atoms with Crippen LogP contribution in [0, 0.1) is 11.8 Å². The van der Waals surface area contributed by atoms with Crippen molar-refractivity contribution in [2.75, 3.05) is 6.61 Å². The molecular formula is C47H57N3O5. The first kappa shape index (κ1) is 41.3. The minimum absolute atomic E-state index is 0.0424. The number of carbonyl (C=O) groups excluding carboxylic acids is 3. The van der Waals surface area contributed by atoms with E-state index >= 15 is 0 Å². The van der Waals surface area contributed by atoms with Gasteiger partial charge in [0.25, 0.3) is 5.91 Å². The fourth-order valence-corrected chi connectivity index (χ4v) is 7.47. The molecule has 0 aliphatic carbocycles. The molecule has 0 spiro atoms. The first-order valence-electron chi connectivity index (χ1n) is 19.6.